The standard InChI is InChI=1S/C23H26N6O16S5/c1-14-17(13-24)22(26-8-11-46(30,31)12-10-45-50(41,42)43)27-23(25-7-9-44-49(38,39)40)20(14)29-28-18-6-5-15-16(21(18)48(35,36)37)3-2-4-19(15)47(32,33)34/h2-6H,7-12H2,1H3,(H2,25,26,27)(H,32,33,34)(H,35,36,37)(H,38,39,40)(H,41,42,43)/b29-28+. The van der Waals surface area contributed by atoms with E-state index in [-0.39, 0.29) is 39.2 Å². The quantitative estimate of drug-likeness (QED) is 0.0634. The summed E-state index contributed by atoms with van der Waals surface area (Å²) in [6.07, 6.45) is 0. The second-order valence-corrected chi connectivity index (χ2v) is 16.9. The second-order valence-electron chi connectivity index (χ2n) is 9.69. The molecule has 50 heavy (non-hydrogen) atoms. The first kappa shape index (κ1) is 40.5. The zero-order valence-electron chi connectivity index (χ0n) is 25.1. The van der Waals surface area contributed by atoms with Crippen molar-refractivity contribution in [2.45, 2.75) is 16.7 Å². The van der Waals surface area contributed by atoms with Gasteiger partial charge in [-0.3, -0.25) is 18.2 Å². The van der Waals surface area contributed by atoms with Crippen molar-refractivity contribution in [1.29, 1.82) is 5.26 Å². The van der Waals surface area contributed by atoms with Crippen LogP contribution in [0.25, 0.3) is 10.8 Å². The Bertz CT molecular complexity index is 2430. The summed E-state index contributed by atoms with van der Waals surface area (Å²) < 4.78 is 162. The fraction of sp³-hybridized carbons (Fsp3) is 0.304. The summed E-state index contributed by atoms with van der Waals surface area (Å²) in [5, 5.41) is 22.3. The van der Waals surface area contributed by atoms with Gasteiger partial charge in [0.2, 0.25) is 0 Å². The Morgan fingerprint density at radius 2 is 1.38 bits per heavy atom. The molecule has 274 valence electrons. The fourth-order valence-electron chi connectivity index (χ4n) is 4.18. The van der Waals surface area contributed by atoms with E-state index in [4.69, 9.17) is 9.11 Å². The van der Waals surface area contributed by atoms with Crippen molar-refractivity contribution in [2.24, 2.45) is 10.2 Å². The monoisotopic (exact) mass is 802 g/mol. The molecule has 0 bridgehead atoms. The highest BCUT2D eigenvalue weighted by atomic mass is 32.3. The normalized spacial score (nSPS) is 13.0. The first-order valence-electron chi connectivity index (χ1n) is 13.2. The number of nitrogens with zero attached hydrogens (tertiary/aromatic N) is 4. The number of benzene rings is 2. The number of hydrogen-bond acceptors (Lipinski definition) is 18. The molecule has 3 rings (SSSR count). The number of pyridine rings is 1. The molecule has 0 amide bonds. The summed E-state index contributed by atoms with van der Waals surface area (Å²) in [5.41, 5.74) is -1.07. The maximum absolute atomic E-state index is 12.4. The van der Waals surface area contributed by atoms with Gasteiger partial charge in [-0.15, -0.1) is 10.2 Å². The number of nitriles is 1. The van der Waals surface area contributed by atoms with Crippen molar-refractivity contribution >= 4 is 84.7 Å². The predicted molar refractivity (Wildman–Crippen MR) is 172 cm³/mol. The Morgan fingerprint density at radius 1 is 0.760 bits per heavy atom. The van der Waals surface area contributed by atoms with Crippen molar-refractivity contribution in [3.8, 4) is 6.07 Å². The van der Waals surface area contributed by atoms with Crippen LogP contribution in [0.1, 0.15) is 11.1 Å². The molecule has 2 aromatic carbocycles. The molecule has 0 unspecified atom stereocenters. The first-order valence-corrected chi connectivity index (χ1v) is 20.7. The van der Waals surface area contributed by atoms with Crippen molar-refractivity contribution in [1.82, 2.24) is 4.98 Å². The third kappa shape index (κ3) is 11.3. The van der Waals surface area contributed by atoms with E-state index in [9.17, 15) is 56.5 Å². The first-order chi connectivity index (χ1) is 22.9. The highest BCUT2D eigenvalue weighted by Crippen LogP contribution is 2.38. The molecule has 0 saturated carbocycles. The number of sulfone groups is 1. The van der Waals surface area contributed by atoms with Crippen molar-refractivity contribution in [3.63, 3.8) is 0 Å². The second kappa shape index (κ2) is 15.5. The Morgan fingerprint density at radius 3 is 1.96 bits per heavy atom. The molecule has 1 aromatic heterocycles. The maximum Gasteiger partial charge on any atom is 0.397 e. The average molecular weight is 803 g/mol. The van der Waals surface area contributed by atoms with Gasteiger partial charge in [-0.25, -0.2) is 21.8 Å². The molecule has 0 saturated heterocycles. The van der Waals surface area contributed by atoms with Crippen LogP contribution in [0.5, 0.6) is 0 Å². The van der Waals surface area contributed by atoms with Crippen LogP contribution in [0.3, 0.4) is 0 Å². The van der Waals surface area contributed by atoms with E-state index < -0.39 is 104 Å². The number of azo groups is 1. The Kier molecular flexibility index (Phi) is 12.6. The number of fused-ring (bicyclic) bond motifs is 1. The van der Waals surface area contributed by atoms with Gasteiger partial charge in [0.1, 0.15) is 33.1 Å². The lowest BCUT2D eigenvalue weighted by Crippen LogP contribution is -2.23. The zero-order valence-corrected chi connectivity index (χ0v) is 29.2. The highest BCUT2D eigenvalue weighted by molar-refractivity contribution is 7.91. The van der Waals surface area contributed by atoms with Crippen LogP contribution in [0.2, 0.25) is 0 Å². The average Bonchev–Trinajstić information content (AvgIpc) is 2.96. The molecule has 1 heterocycles. The van der Waals surface area contributed by atoms with E-state index in [1.807, 2.05) is 6.07 Å². The van der Waals surface area contributed by atoms with Crippen LogP contribution < -0.4 is 10.6 Å². The summed E-state index contributed by atoms with van der Waals surface area (Å²) in [5.74, 6) is -1.96. The number of nitrogens with one attached hydrogen (secondary N) is 2. The molecule has 0 aliphatic rings. The van der Waals surface area contributed by atoms with Crippen LogP contribution in [0, 0.1) is 18.3 Å². The molecule has 6 N–H and O–H groups in total. The molecule has 0 atom stereocenters. The largest absolute Gasteiger partial charge is 0.397 e. The van der Waals surface area contributed by atoms with E-state index in [0.29, 0.717) is 0 Å². The van der Waals surface area contributed by atoms with E-state index in [1.165, 1.54) is 6.92 Å². The van der Waals surface area contributed by atoms with Gasteiger partial charge in [-0.2, -0.15) is 38.9 Å². The van der Waals surface area contributed by atoms with Crippen molar-refractivity contribution < 1.29 is 68.7 Å². The van der Waals surface area contributed by atoms with Crippen LogP contribution in [0.15, 0.2) is 50.4 Å². The van der Waals surface area contributed by atoms with Crippen LogP contribution in [-0.2, 0) is 59.2 Å². The summed E-state index contributed by atoms with van der Waals surface area (Å²) in [6, 6.07) is 7.06. The third-order valence-corrected chi connectivity index (χ3v) is 10.6. The molecular formula is C23H26N6O16S5. The van der Waals surface area contributed by atoms with E-state index in [1.54, 1.807) is 0 Å². The molecule has 22 nitrogen and oxygen atoms in total. The number of rotatable bonds is 17. The molecule has 0 aliphatic heterocycles. The molecule has 0 spiro atoms. The van der Waals surface area contributed by atoms with Gasteiger partial charge in [0, 0.05) is 29.4 Å². The summed E-state index contributed by atoms with van der Waals surface area (Å²) in [6.45, 7) is -1.02. The van der Waals surface area contributed by atoms with Crippen molar-refractivity contribution in [2.75, 3.05) is 48.4 Å². The van der Waals surface area contributed by atoms with Gasteiger partial charge in [0.05, 0.1) is 30.3 Å². The van der Waals surface area contributed by atoms with Crippen molar-refractivity contribution in [3.05, 3.63) is 41.5 Å². The lowest BCUT2D eigenvalue weighted by atomic mass is 10.1. The molecule has 3 aromatic rings. The summed E-state index contributed by atoms with van der Waals surface area (Å²) in [4.78, 5) is 2.58. The third-order valence-electron chi connectivity index (χ3n) is 6.23. The van der Waals surface area contributed by atoms with Crippen LogP contribution in [-0.4, -0.2) is 103 Å². The fourth-order valence-corrected chi connectivity index (χ4v) is 7.37. The Balaban J connectivity index is 2.09. The zero-order chi connectivity index (χ0) is 37.7. The Labute approximate surface area is 285 Å². The lowest BCUT2D eigenvalue weighted by molar-refractivity contribution is 0.278. The van der Waals surface area contributed by atoms with E-state index in [2.05, 4.69) is 34.2 Å². The topological polar surface area (TPSA) is 356 Å². The summed E-state index contributed by atoms with van der Waals surface area (Å²) in [7, 11) is -23.7. The van der Waals surface area contributed by atoms with Gasteiger partial charge in [0.25, 0.3) is 20.2 Å². The minimum atomic E-state index is -5.15. The van der Waals surface area contributed by atoms with Gasteiger partial charge >= 0.3 is 20.8 Å². The molecule has 0 radical (unpaired) electrons. The number of anilines is 2. The number of aromatic nitrogens is 1. The minimum Gasteiger partial charge on any atom is -0.368 e. The minimum absolute atomic E-state index is 0.0146. The Hall–Kier alpha value is -3.95. The van der Waals surface area contributed by atoms with E-state index >= 15 is 0 Å². The maximum atomic E-state index is 12.4. The molecular weight excluding hydrogens is 777 g/mol. The van der Waals surface area contributed by atoms with Gasteiger partial charge in [-0.1, -0.05) is 18.2 Å². The van der Waals surface area contributed by atoms with Gasteiger partial charge < -0.3 is 10.6 Å². The molecule has 27 heteroatoms. The molecule has 0 aliphatic carbocycles. The molecule has 0 fully saturated rings. The van der Waals surface area contributed by atoms with Gasteiger partial charge in [0.15, 0.2) is 15.7 Å². The SMILES string of the molecule is Cc1c(C#N)c(NCCS(=O)(=O)CCOS(=O)(=O)O)nc(NCCOS(=O)(=O)O)c1/N=N/c1ccc2c(S(=O)(=O)O)cccc2c1S(=O)(=O)O. The van der Waals surface area contributed by atoms with Crippen LogP contribution >= 0.6 is 0 Å². The summed E-state index contributed by atoms with van der Waals surface area (Å²) >= 11 is 0. The van der Waals surface area contributed by atoms with Gasteiger partial charge in [-0.05, 0) is 19.1 Å². The highest BCUT2D eigenvalue weighted by Gasteiger charge is 2.25. The predicted octanol–water partition coefficient (Wildman–Crippen LogP) is 1.20. The smallest absolute Gasteiger partial charge is 0.368 e. The van der Waals surface area contributed by atoms with Crippen LogP contribution in [0.4, 0.5) is 23.0 Å². The van der Waals surface area contributed by atoms with E-state index in [0.717, 1.165) is 30.3 Å². The lowest BCUT2D eigenvalue weighted by Gasteiger charge is -2.16. The number of hydrogen-bond donors (Lipinski definition) is 6.